The van der Waals surface area contributed by atoms with Crippen molar-refractivity contribution in [1.29, 1.82) is 0 Å². The minimum atomic E-state index is -3.69. The molecule has 0 radical (unpaired) electrons. The van der Waals surface area contributed by atoms with E-state index >= 15 is 0 Å². The van der Waals surface area contributed by atoms with Gasteiger partial charge in [0.15, 0.2) is 0 Å². The fourth-order valence-corrected chi connectivity index (χ4v) is 3.22. The van der Waals surface area contributed by atoms with E-state index in [-0.39, 0.29) is 4.90 Å². The molecule has 0 aliphatic heterocycles. The molecule has 0 bridgehead atoms. The summed E-state index contributed by atoms with van der Waals surface area (Å²) in [6, 6.07) is 12.6. The first kappa shape index (κ1) is 19.7. The van der Waals surface area contributed by atoms with Crippen molar-refractivity contribution in [3.05, 3.63) is 76.8 Å². The van der Waals surface area contributed by atoms with Crippen LogP contribution >= 0.6 is 11.6 Å². The minimum Gasteiger partial charge on any atom is -0.288 e. The third-order valence-corrected chi connectivity index (χ3v) is 4.94. The summed E-state index contributed by atoms with van der Waals surface area (Å²) >= 11 is 5.77. The number of carbonyl (C=O) groups is 1. The maximum absolute atomic E-state index is 12.3. The molecule has 8 heteroatoms. The van der Waals surface area contributed by atoms with Crippen molar-refractivity contribution in [1.82, 2.24) is 5.48 Å². The molecule has 136 valence electrons. The predicted octanol–water partition coefficient (Wildman–Crippen LogP) is 3.61. The number of amides is 1. The number of anilines is 1. The number of allylic oxidation sites excluding steroid dienone is 2. The molecule has 0 saturated carbocycles. The molecule has 2 rings (SSSR count). The van der Waals surface area contributed by atoms with Crippen LogP contribution in [-0.2, 0) is 14.8 Å². The van der Waals surface area contributed by atoms with Crippen molar-refractivity contribution in [2.75, 3.05) is 4.72 Å². The quantitative estimate of drug-likeness (QED) is 0.303. The lowest BCUT2D eigenvalue weighted by Crippen LogP contribution is -2.14. The Kier molecular flexibility index (Phi) is 6.57. The molecule has 0 heterocycles. The van der Waals surface area contributed by atoms with Gasteiger partial charge in [0.1, 0.15) is 0 Å². The van der Waals surface area contributed by atoms with Crippen LogP contribution in [0.5, 0.6) is 0 Å². The van der Waals surface area contributed by atoms with E-state index in [1.807, 2.05) is 0 Å². The third-order valence-electron chi connectivity index (χ3n) is 3.29. The summed E-state index contributed by atoms with van der Waals surface area (Å²) in [5.41, 5.74) is 3.53. The van der Waals surface area contributed by atoms with Crippen LogP contribution in [0.2, 0.25) is 5.02 Å². The summed E-state index contributed by atoms with van der Waals surface area (Å²) in [7, 11) is -3.69. The maximum Gasteiger partial charge on any atom is 0.267 e. The van der Waals surface area contributed by atoms with Crippen molar-refractivity contribution >= 4 is 39.3 Å². The smallest absolute Gasteiger partial charge is 0.267 e. The summed E-state index contributed by atoms with van der Waals surface area (Å²) in [5.74, 6) is -0.621. The Hall–Kier alpha value is -2.61. The molecule has 0 aliphatic rings. The fourth-order valence-electron chi connectivity index (χ4n) is 2.03. The number of hydrogen-bond donors (Lipinski definition) is 3. The molecule has 3 N–H and O–H groups in total. The number of halogens is 1. The molecule has 0 spiro atoms. The Balaban J connectivity index is 2.11. The molecular formula is C18H17ClN2O4S. The van der Waals surface area contributed by atoms with Gasteiger partial charge in [-0.05, 0) is 48.9 Å². The zero-order valence-corrected chi connectivity index (χ0v) is 15.4. The predicted molar refractivity (Wildman–Crippen MR) is 101 cm³/mol. The summed E-state index contributed by atoms with van der Waals surface area (Å²) in [6.07, 6.45) is 4.54. The molecule has 0 unspecified atom stereocenters. The van der Waals surface area contributed by atoms with Gasteiger partial charge >= 0.3 is 0 Å². The summed E-state index contributed by atoms with van der Waals surface area (Å²) in [5, 5.41) is 8.88. The lowest BCUT2D eigenvalue weighted by molar-refractivity contribution is -0.124. The van der Waals surface area contributed by atoms with E-state index in [4.69, 9.17) is 16.8 Å². The van der Waals surface area contributed by atoms with Gasteiger partial charge in [0.25, 0.3) is 15.9 Å². The molecule has 2 aromatic rings. The lowest BCUT2D eigenvalue weighted by atomic mass is 10.1. The SMILES string of the molecule is CC(/C=C/C(=O)NO)=C\c1ccc(NS(=O)(=O)c2ccc(Cl)cc2)cc1. The number of benzene rings is 2. The normalized spacial score (nSPS) is 12.2. The summed E-state index contributed by atoms with van der Waals surface area (Å²) < 4.78 is 27.1. The van der Waals surface area contributed by atoms with Gasteiger partial charge in [0.05, 0.1) is 4.90 Å². The molecule has 6 nitrogen and oxygen atoms in total. The molecular weight excluding hydrogens is 376 g/mol. The van der Waals surface area contributed by atoms with E-state index < -0.39 is 15.9 Å². The van der Waals surface area contributed by atoms with Gasteiger partial charge in [0, 0.05) is 16.8 Å². The molecule has 26 heavy (non-hydrogen) atoms. The number of rotatable bonds is 6. The molecule has 2 aromatic carbocycles. The van der Waals surface area contributed by atoms with Gasteiger partial charge in [-0.25, -0.2) is 13.9 Å². The average Bonchev–Trinajstić information content (AvgIpc) is 2.61. The van der Waals surface area contributed by atoms with Crippen LogP contribution in [-0.4, -0.2) is 19.5 Å². The van der Waals surface area contributed by atoms with E-state index in [1.165, 1.54) is 35.8 Å². The first-order chi connectivity index (χ1) is 12.3. The second-order valence-electron chi connectivity index (χ2n) is 5.38. The van der Waals surface area contributed by atoms with Crippen LogP contribution in [0.4, 0.5) is 5.69 Å². The van der Waals surface area contributed by atoms with Crippen molar-refractivity contribution in [3.63, 3.8) is 0 Å². The largest absolute Gasteiger partial charge is 0.288 e. The number of carbonyl (C=O) groups excluding carboxylic acids is 1. The van der Waals surface area contributed by atoms with Crippen LogP contribution in [0.1, 0.15) is 12.5 Å². The summed E-state index contributed by atoms with van der Waals surface area (Å²) in [4.78, 5) is 11.1. The molecule has 1 amide bonds. The standard InChI is InChI=1S/C18H17ClN2O4S/c1-13(2-11-18(22)20-23)12-14-3-7-16(8-4-14)21-26(24,25)17-9-5-15(19)6-10-17/h2-12,21,23H,1H3,(H,20,22)/b11-2+,13-12+. The van der Waals surface area contributed by atoms with Crippen LogP contribution in [0.25, 0.3) is 6.08 Å². The van der Waals surface area contributed by atoms with E-state index in [9.17, 15) is 13.2 Å². The second-order valence-corrected chi connectivity index (χ2v) is 7.50. The van der Waals surface area contributed by atoms with Gasteiger partial charge in [-0.2, -0.15) is 0 Å². The van der Waals surface area contributed by atoms with E-state index in [0.717, 1.165) is 11.1 Å². The van der Waals surface area contributed by atoms with Crippen LogP contribution in [0, 0.1) is 0 Å². The zero-order chi connectivity index (χ0) is 19.2. The topological polar surface area (TPSA) is 95.5 Å². The zero-order valence-electron chi connectivity index (χ0n) is 13.8. The molecule has 0 saturated heterocycles. The highest BCUT2D eigenvalue weighted by Gasteiger charge is 2.13. The highest BCUT2D eigenvalue weighted by atomic mass is 35.5. The van der Waals surface area contributed by atoms with E-state index in [1.54, 1.807) is 43.3 Å². The molecule has 0 fully saturated rings. The molecule has 0 aromatic heterocycles. The highest BCUT2D eigenvalue weighted by Crippen LogP contribution is 2.19. The number of sulfonamides is 1. The monoisotopic (exact) mass is 392 g/mol. The average molecular weight is 393 g/mol. The minimum absolute atomic E-state index is 0.119. The van der Waals surface area contributed by atoms with Crippen molar-refractivity contribution < 1.29 is 18.4 Å². The van der Waals surface area contributed by atoms with Crippen LogP contribution in [0.3, 0.4) is 0 Å². The van der Waals surface area contributed by atoms with Crippen molar-refractivity contribution in [2.24, 2.45) is 0 Å². The van der Waals surface area contributed by atoms with Crippen LogP contribution < -0.4 is 10.2 Å². The van der Waals surface area contributed by atoms with Crippen molar-refractivity contribution in [3.8, 4) is 0 Å². The third kappa shape index (κ3) is 5.73. The number of nitrogens with one attached hydrogen (secondary N) is 2. The first-order valence-electron chi connectivity index (χ1n) is 7.49. The Bertz CT molecular complexity index is 934. The second kappa shape index (κ2) is 8.66. The number of hydroxylamine groups is 1. The number of hydrogen-bond acceptors (Lipinski definition) is 4. The summed E-state index contributed by atoms with van der Waals surface area (Å²) in [6.45, 7) is 1.79. The fraction of sp³-hybridized carbons (Fsp3) is 0.0556. The van der Waals surface area contributed by atoms with Gasteiger partial charge in [-0.1, -0.05) is 41.5 Å². The van der Waals surface area contributed by atoms with Crippen LogP contribution in [0.15, 0.2) is 71.2 Å². The first-order valence-corrected chi connectivity index (χ1v) is 9.35. The van der Waals surface area contributed by atoms with Gasteiger partial charge in [0.2, 0.25) is 0 Å². The Morgan fingerprint density at radius 1 is 1.04 bits per heavy atom. The van der Waals surface area contributed by atoms with Crippen molar-refractivity contribution in [2.45, 2.75) is 11.8 Å². The van der Waals surface area contributed by atoms with Gasteiger partial charge < -0.3 is 0 Å². The molecule has 0 atom stereocenters. The van der Waals surface area contributed by atoms with E-state index in [2.05, 4.69) is 4.72 Å². The molecule has 0 aliphatic carbocycles. The van der Waals surface area contributed by atoms with E-state index in [0.29, 0.717) is 10.7 Å². The van der Waals surface area contributed by atoms with Gasteiger partial charge in [-0.15, -0.1) is 0 Å². The highest BCUT2D eigenvalue weighted by molar-refractivity contribution is 7.92. The Morgan fingerprint density at radius 2 is 1.65 bits per heavy atom. The lowest BCUT2D eigenvalue weighted by Gasteiger charge is -2.08. The van der Waals surface area contributed by atoms with Gasteiger partial charge in [-0.3, -0.25) is 14.7 Å². The Labute approximate surface area is 156 Å². The maximum atomic E-state index is 12.3. The Morgan fingerprint density at radius 3 is 2.23 bits per heavy atom.